The van der Waals surface area contributed by atoms with E-state index >= 15 is 0 Å². The van der Waals surface area contributed by atoms with Gasteiger partial charge in [-0.25, -0.2) is 0 Å². The summed E-state index contributed by atoms with van der Waals surface area (Å²) in [7, 11) is 0. The van der Waals surface area contributed by atoms with Crippen LogP contribution in [0.2, 0.25) is 5.02 Å². The van der Waals surface area contributed by atoms with Crippen LogP contribution in [0.3, 0.4) is 0 Å². The number of amidine groups is 1. The van der Waals surface area contributed by atoms with Crippen molar-refractivity contribution in [1.29, 1.82) is 5.41 Å². The zero-order valence-corrected chi connectivity index (χ0v) is 12.6. The van der Waals surface area contributed by atoms with Crippen molar-refractivity contribution >= 4 is 29.2 Å². The Balaban J connectivity index is 1.65. The summed E-state index contributed by atoms with van der Waals surface area (Å²) in [4.78, 5) is 0. The van der Waals surface area contributed by atoms with Crippen LogP contribution in [0.15, 0.2) is 48.5 Å². The van der Waals surface area contributed by atoms with Gasteiger partial charge in [0.05, 0.1) is 0 Å². The number of hydrogen-bond acceptors (Lipinski definition) is 3. The molecule has 0 aromatic heterocycles. The predicted octanol–water partition coefficient (Wildman–Crippen LogP) is 4.21. The van der Waals surface area contributed by atoms with Crippen LogP contribution in [0.5, 0.6) is 11.5 Å². The minimum absolute atomic E-state index is 0.289. The van der Waals surface area contributed by atoms with Gasteiger partial charge in [0.2, 0.25) is 0 Å². The first-order valence-corrected chi connectivity index (χ1v) is 7.27. The lowest BCUT2D eigenvalue weighted by molar-refractivity contribution is 0.171. The van der Waals surface area contributed by atoms with Crippen molar-refractivity contribution in [3.8, 4) is 11.5 Å². The maximum atomic E-state index is 7.93. The highest BCUT2D eigenvalue weighted by Gasteiger charge is 2.10. The smallest absolute Gasteiger partial charge is 0.161 e. The van der Waals surface area contributed by atoms with Gasteiger partial charge in [0.1, 0.15) is 19.0 Å². The van der Waals surface area contributed by atoms with Crippen molar-refractivity contribution in [2.24, 2.45) is 0 Å². The SMILES string of the molecule is N=C(/C=C/c1ccc2c(c1)OCCO2)Nc1ccc(Cl)cc1. The summed E-state index contributed by atoms with van der Waals surface area (Å²) in [6.07, 6.45) is 3.55. The maximum Gasteiger partial charge on any atom is 0.161 e. The minimum Gasteiger partial charge on any atom is -0.486 e. The molecule has 5 heteroatoms. The molecule has 0 spiro atoms. The summed E-state index contributed by atoms with van der Waals surface area (Å²) < 4.78 is 11.0. The average molecular weight is 315 g/mol. The molecule has 1 aliphatic rings. The monoisotopic (exact) mass is 314 g/mol. The molecule has 2 aromatic rings. The Morgan fingerprint density at radius 1 is 1.05 bits per heavy atom. The number of benzene rings is 2. The number of ether oxygens (including phenoxy) is 2. The third kappa shape index (κ3) is 3.59. The first-order valence-electron chi connectivity index (χ1n) is 6.89. The third-order valence-corrected chi connectivity index (χ3v) is 3.38. The van der Waals surface area contributed by atoms with Crippen LogP contribution < -0.4 is 14.8 Å². The number of anilines is 1. The summed E-state index contributed by atoms with van der Waals surface area (Å²) in [6.45, 7) is 1.14. The molecule has 1 aliphatic heterocycles. The Kier molecular flexibility index (Phi) is 4.30. The van der Waals surface area contributed by atoms with Gasteiger partial charge in [0.25, 0.3) is 0 Å². The van der Waals surface area contributed by atoms with Crippen LogP contribution in [0, 0.1) is 5.41 Å². The lowest BCUT2D eigenvalue weighted by atomic mass is 10.1. The molecular formula is C17H15ClN2O2. The molecule has 0 saturated heterocycles. The molecule has 0 atom stereocenters. The molecule has 1 heterocycles. The standard InChI is InChI=1S/C17H15ClN2O2/c18-13-3-5-14(6-4-13)20-17(19)8-2-12-1-7-15-16(11-12)22-10-9-21-15/h1-8,11H,9-10H2,(H2,19,20)/b8-2+. The van der Waals surface area contributed by atoms with Gasteiger partial charge in [-0.05, 0) is 48.0 Å². The molecule has 3 rings (SSSR count). The van der Waals surface area contributed by atoms with E-state index in [1.807, 2.05) is 36.4 Å². The van der Waals surface area contributed by atoms with E-state index in [-0.39, 0.29) is 5.84 Å². The lowest BCUT2D eigenvalue weighted by Gasteiger charge is -2.18. The maximum absolute atomic E-state index is 7.93. The Morgan fingerprint density at radius 3 is 2.55 bits per heavy atom. The Labute approximate surface area is 133 Å². The van der Waals surface area contributed by atoms with E-state index < -0.39 is 0 Å². The van der Waals surface area contributed by atoms with Crippen LogP contribution in [-0.4, -0.2) is 19.0 Å². The van der Waals surface area contributed by atoms with Crippen molar-refractivity contribution < 1.29 is 9.47 Å². The number of rotatable bonds is 3. The highest BCUT2D eigenvalue weighted by atomic mass is 35.5. The summed E-state index contributed by atoms with van der Waals surface area (Å²) >= 11 is 5.83. The topological polar surface area (TPSA) is 54.3 Å². The first-order chi connectivity index (χ1) is 10.7. The Morgan fingerprint density at radius 2 is 1.77 bits per heavy atom. The Bertz CT molecular complexity index is 711. The van der Waals surface area contributed by atoms with E-state index in [0.29, 0.717) is 18.2 Å². The van der Waals surface area contributed by atoms with Gasteiger partial charge in [-0.2, -0.15) is 0 Å². The van der Waals surface area contributed by atoms with E-state index in [1.165, 1.54) is 0 Å². The minimum atomic E-state index is 0.289. The highest BCUT2D eigenvalue weighted by Crippen LogP contribution is 2.31. The molecule has 0 aliphatic carbocycles. The van der Waals surface area contributed by atoms with Crippen LogP contribution >= 0.6 is 11.6 Å². The van der Waals surface area contributed by atoms with Gasteiger partial charge in [-0.15, -0.1) is 0 Å². The molecule has 4 nitrogen and oxygen atoms in total. The predicted molar refractivity (Wildman–Crippen MR) is 89.3 cm³/mol. The van der Waals surface area contributed by atoms with Crippen LogP contribution in [0.1, 0.15) is 5.56 Å². The third-order valence-electron chi connectivity index (χ3n) is 3.13. The van der Waals surface area contributed by atoms with Gasteiger partial charge < -0.3 is 14.8 Å². The van der Waals surface area contributed by atoms with E-state index in [4.69, 9.17) is 26.5 Å². The van der Waals surface area contributed by atoms with Crippen molar-refractivity contribution in [3.63, 3.8) is 0 Å². The molecule has 22 heavy (non-hydrogen) atoms. The van der Waals surface area contributed by atoms with Gasteiger partial charge >= 0.3 is 0 Å². The van der Waals surface area contributed by atoms with Crippen LogP contribution in [0.4, 0.5) is 5.69 Å². The fraction of sp³-hybridized carbons (Fsp3) is 0.118. The van der Waals surface area contributed by atoms with Crippen LogP contribution in [0.25, 0.3) is 6.08 Å². The zero-order valence-electron chi connectivity index (χ0n) is 11.8. The second-order valence-electron chi connectivity index (χ2n) is 4.78. The van der Waals surface area contributed by atoms with Gasteiger partial charge in [0, 0.05) is 10.7 Å². The van der Waals surface area contributed by atoms with Gasteiger partial charge in [0.15, 0.2) is 11.5 Å². The Hall–Kier alpha value is -2.46. The summed E-state index contributed by atoms with van der Waals surface area (Å²) in [6, 6.07) is 12.9. The second-order valence-corrected chi connectivity index (χ2v) is 5.22. The van der Waals surface area contributed by atoms with Crippen LogP contribution in [-0.2, 0) is 0 Å². The van der Waals surface area contributed by atoms with Crippen molar-refractivity contribution in [2.75, 3.05) is 18.5 Å². The van der Waals surface area contributed by atoms with Crippen molar-refractivity contribution in [3.05, 3.63) is 59.1 Å². The van der Waals surface area contributed by atoms with Crippen molar-refractivity contribution in [1.82, 2.24) is 0 Å². The molecule has 0 amide bonds. The molecule has 0 saturated carbocycles. The van der Waals surface area contributed by atoms with Crippen molar-refractivity contribution in [2.45, 2.75) is 0 Å². The number of halogens is 1. The number of nitrogens with one attached hydrogen (secondary N) is 2. The zero-order chi connectivity index (χ0) is 15.4. The fourth-order valence-corrected chi connectivity index (χ4v) is 2.20. The molecule has 0 fully saturated rings. The summed E-state index contributed by atoms with van der Waals surface area (Å²) in [5.41, 5.74) is 1.77. The molecule has 2 aromatic carbocycles. The molecule has 0 radical (unpaired) electrons. The largest absolute Gasteiger partial charge is 0.486 e. The summed E-state index contributed by atoms with van der Waals surface area (Å²) in [5, 5.41) is 11.6. The van der Waals surface area contributed by atoms with E-state index in [9.17, 15) is 0 Å². The quantitative estimate of drug-likeness (QED) is 0.659. The molecular weight excluding hydrogens is 300 g/mol. The van der Waals surface area contributed by atoms with Gasteiger partial charge in [-0.1, -0.05) is 23.7 Å². The summed E-state index contributed by atoms with van der Waals surface area (Å²) in [5.74, 6) is 1.79. The average Bonchev–Trinajstić information content (AvgIpc) is 2.55. The lowest BCUT2D eigenvalue weighted by Crippen LogP contribution is -2.15. The normalized spacial score (nSPS) is 13.1. The van der Waals surface area contributed by atoms with E-state index in [1.54, 1.807) is 18.2 Å². The highest BCUT2D eigenvalue weighted by molar-refractivity contribution is 6.30. The molecule has 0 bridgehead atoms. The number of hydrogen-bond donors (Lipinski definition) is 2. The first kappa shape index (κ1) is 14.5. The molecule has 2 N–H and O–H groups in total. The fourth-order valence-electron chi connectivity index (χ4n) is 2.07. The van der Waals surface area contributed by atoms with Gasteiger partial charge in [-0.3, -0.25) is 5.41 Å². The second kappa shape index (κ2) is 6.54. The molecule has 112 valence electrons. The van der Waals surface area contributed by atoms with E-state index in [0.717, 1.165) is 22.7 Å². The van der Waals surface area contributed by atoms with E-state index in [2.05, 4.69) is 5.32 Å². The molecule has 0 unspecified atom stereocenters. The number of fused-ring (bicyclic) bond motifs is 1.